The first kappa shape index (κ1) is 17.0. The van der Waals surface area contributed by atoms with Crippen molar-refractivity contribution < 1.29 is 18.0 Å². The third-order valence-corrected chi connectivity index (χ3v) is 3.34. The van der Waals surface area contributed by atoms with Gasteiger partial charge in [0, 0.05) is 25.0 Å². The Balaban J connectivity index is 2.28. The van der Waals surface area contributed by atoms with E-state index >= 15 is 0 Å². The number of aromatic nitrogens is 3. The second kappa shape index (κ2) is 6.39. The van der Waals surface area contributed by atoms with Crippen LogP contribution in [0.5, 0.6) is 0 Å². The molecule has 0 saturated carbocycles. The number of hydrogen-bond donors (Lipinski definition) is 1. The van der Waals surface area contributed by atoms with Crippen LogP contribution in [-0.2, 0) is 7.05 Å². The van der Waals surface area contributed by atoms with Crippen molar-refractivity contribution in [3.05, 3.63) is 47.5 Å². The third kappa shape index (κ3) is 3.88. The summed E-state index contributed by atoms with van der Waals surface area (Å²) in [6.07, 6.45) is -2.17. The third-order valence-electron chi connectivity index (χ3n) is 3.34. The molecule has 0 fully saturated rings. The Morgan fingerprint density at radius 2 is 2.04 bits per heavy atom. The summed E-state index contributed by atoms with van der Waals surface area (Å²) >= 11 is 0. The SMILES string of the molecule is CC(C)c1cc(C(=O)N[C@@H](c2cccnc2)C(F)(F)F)n(C)n1. The van der Waals surface area contributed by atoms with Gasteiger partial charge in [-0.2, -0.15) is 18.3 Å². The smallest absolute Gasteiger partial charge is 0.335 e. The normalized spacial score (nSPS) is 13.2. The van der Waals surface area contributed by atoms with Crippen molar-refractivity contribution in [2.24, 2.45) is 7.05 Å². The van der Waals surface area contributed by atoms with Crippen LogP contribution in [0, 0.1) is 0 Å². The fourth-order valence-electron chi connectivity index (χ4n) is 2.09. The van der Waals surface area contributed by atoms with Crippen LogP contribution in [0.2, 0.25) is 0 Å². The minimum absolute atomic E-state index is 0.0690. The summed E-state index contributed by atoms with van der Waals surface area (Å²) in [5, 5.41) is 6.15. The van der Waals surface area contributed by atoms with Crippen LogP contribution in [-0.4, -0.2) is 26.8 Å². The molecule has 124 valence electrons. The number of amides is 1. The average molecular weight is 326 g/mol. The van der Waals surface area contributed by atoms with E-state index in [1.165, 1.54) is 36.1 Å². The van der Waals surface area contributed by atoms with E-state index in [9.17, 15) is 18.0 Å². The number of aryl methyl sites for hydroxylation is 1. The molecule has 2 rings (SSSR count). The predicted octanol–water partition coefficient (Wildman–Crippen LogP) is 2.97. The van der Waals surface area contributed by atoms with Gasteiger partial charge in [0.15, 0.2) is 6.04 Å². The highest BCUT2D eigenvalue weighted by molar-refractivity contribution is 5.93. The van der Waals surface area contributed by atoms with Crippen molar-refractivity contribution in [3.63, 3.8) is 0 Å². The maximum absolute atomic E-state index is 13.3. The van der Waals surface area contributed by atoms with Crippen molar-refractivity contribution in [1.82, 2.24) is 20.1 Å². The fourth-order valence-corrected chi connectivity index (χ4v) is 2.09. The first-order valence-corrected chi connectivity index (χ1v) is 7.01. The average Bonchev–Trinajstić information content (AvgIpc) is 2.86. The van der Waals surface area contributed by atoms with E-state index in [0.717, 1.165) is 6.20 Å². The van der Waals surface area contributed by atoms with Crippen LogP contribution in [0.4, 0.5) is 13.2 Å². The van der Waals surface area contributed by atoms with Crippen LogP contribution < -0.4 is 5.32 Å². The van der Waals surface area contributed by atoms with Gasteiger partial charge in [-0.25, -0.2) is 0 Å². The summed E-state index contributed by atoms with van der Waals surface area (Å²) in [6, 6.07) is 2.03. The molecule has 2 aromatic rings. The van der Waals surface area contributed by atoms with Crippen molar-refractivity contribution >= 4 is 5.91 Å². The van der Waals surface area contributed by atoms with Crippen molar-refractivity contribution in [2.75, 3.05) is 0 Å². The van der Waals surface area contributed by atoms with E-state index in [1.807, 2.05) is 19.2 Å². The van der Waals surface area contributed by atoms with E-state index in [2.05, 4.69) is 10.1 Å². The Bertz CT molecular complexity index is 680. The number of alkyl halides is 3. The number of halogens is 3. The molecule has 0 saturated heterocycles. The summed E-state index contributed by atoms with van der Waals surface area (Å²) in [7, 11) is 1.52. The van der Waals surface area contributed by atoms with Gasteiger partial charge >= 0.3 is 6.18 Å². The number of pyridine rings is 1. The molecule has 0 bridgehead atoms. The van der Waals surface area contributed by atoms with Crippen LogP contribution in [0.3, 0.4) is 0 Å². The topological polar surface area (TPSA) is 59.8 Å². The second-order valence-corrected chi connectivity index (χ2v) is 5.47. The number of nitrogens with one attached hydrogen (secondary N) is 1. The monoisotopic (exact) mass is 326 g/mol. The maximum Gasteiger partial charge on any atom is 0.412 e. The standard InChI is InChI=1S/C15H17F3N4O/c1-9(2)11-7-12(22(3)21-11)14(23)20-13(15(16,17)18)10-5-4-6-19-8-10/h4-9,13H,1-3H3,(H,20,23)/t13-/m0/s1. The molecule has 1 atom stereocenters. The Morgan fingerprint density at radius 3 is 2.52 bits per heavy atom. The summed E-state index contributed by atoms with van der Waals surface area (Å²) in [4.78, 5) is 15.9. The molecular weight excluding hydrogens is 309 g/mol. The molecule has 0 aliphatic heterocycles. The van der Waals surface area contributed by atoms with Gasteiger partial charge in [0.25, 0.3) is 5.91 Å². The lowest BCUT2D eigenvalue weighted by molar-refractivity contribution is -0.155. The molecule has 8 heteroatoms. The fraction of sp³-hybridized carbons (Fsp3) is 0.400. The van der Waals surface area contributed by atoms with Crippen LogP contribution in [0.15, 0.2) is 30.6 Å². The Labute approximate surface area is 131 Å². The van der Waals surface area contributed by atoms with Crippen molar-refractivity contribution in [1.29, 1.82) is 0 Å². The van der Waals surface area contributed by atoms with Crippen LogP contribution in [0.25, 0.3) is 0 Å². The van der Waals surface area contributed by atoms with Crippen LogP contribution in [0.1, 0.15) is 47.6 Å². The first-order chi connectivity index (χ1) is 10.7. The molecule has 1 N–H and O–H groups in total. The molecular formula is C15H17F3N4O. The number of nitrogens with zero attached hydrogens (tertiary/aromatic N) is 3. The second-order valence-electron chi connectivity index (χ2n) is 5.47. The van der Waals surface area contributed by atoms with E-state index in [4.69, 9.17) is 0 Å². The molecule has 0 unspecified atom stereocenters. The highest BCUT2D eigenvalue weighted by Gasteiger charge is 2.42. The molecule has 23 heavy (non-hydrogen) atoms. The van der Waals surface area contributed by atoms with Gasteiger partial charge in [0.1, 0.15) is 5.69 Å². The Hall–Kier alpha value is -2.38. The van der Waals surface area contributed by atoms with Crippen LogP contribution >= 0.6 is 0 Å². The lowest BCUT2D eigenvalue weighted by atomic mass is 10.1. The molecule has 2 heterocycles. The molecule has 0 aromatic carbocycles. The molecule has 5 nitrogen and oxygen atoms in total. The first-order valence-electron chi connectivity index (χ1n) is 7.01. The molecule has 2 aromatic heterocycles. The van der Waals surface area contributed by atoms with E-state index < -0.39 is 18.1 Å². The highest BCUT2D eigenvalue weighted by Crippen LogP contribution is 2.32. The number of hydrogen-bond acceptors (Lipinski definition) is 3. The Kier molecular flexibility index (Phi) is 4.72. The van der Waals surface area contributed by atoms with Gasteiger partial charge in [0.05, 0.1) is 5.69 Å². The molecule has 0 aliphatic carbocycles. The van der Waals surface area contributed by atoms with Gasteiger partial charge < -0.3 is 5.32 Å². The van der Waals surface area contributed by atoms with Gasteiger partial charge in [0.2, 0.25) is 0 Å². The zero-order valence-corrected chi connectivity index (χ0v) is 12.9. The zero-order valence-electron chi connectivity index (χ0n) is 12.9. The quantitative estimate of drug-likeness (QED) is 0.940. The minimum Gasteiger partial charge on any atom is -0.335 e. The summed E-state index contributed by atoms with van der Waals surface area (Å²) in [5.74, 6) is -0.766. The van der Waals surface area contributed by atoms with E-state index in [0.29, 0.717) is 5.69 Å². The molecule has 0 radical (unpaired) electrons. The predicted molar refractivity (Wildman–Crippen MR) is 77.8 cm³/mol. The van der Waals surface area contributed by atoms with E-state index in [1.54, 1.807) is 0 Å². The molecule has 0 spiro atoms. The number of carbonyl (C=O) groups is 1. The van der Waals surface area contributed by atoms with Crippen molar-refractivity contribution in [2.45, 2.75) is 32.0 Å². The van der Waals surface area contributed by atoms with Gasteiger partial charge in [-0.05, 0) is 18.1 Å². The zero-order chi connectivity index (χ0) is 17.2. The van der Waals surface area contributed by atoms with E-state index in [-0.39, 0.29) is 17.2 Å². The molecule has 0 aliphatic rings. The van der Waals surface area contributed by atoms with Crippen molar-refractivity contribution in [3.8, 4) is 0 Å². The number of carbonyl (C=O) groups excluding carboxylic acids is 1. The van der Waals surface area contributed by atoms with Gasteiger partial charge in [-0.1, -0.05) is 19.9 Å². The summed E-state index contributed by atoms with van der Waals surface area (Å²) in [6.45, 7) is 3.77. The lowest BCUT2D eigenvalue weighted by Crippen LogP contribution is -2.38. The molecule has 1 amide bonds. The maximum atomic E-state index is 13.3. The summed E-state index contributed by atoms with van der Waals surface area (Å²) < 4.78 is 41.0. The van der Waals surface area contributed by atoms with Gasteiger partial charge in [-0.3, -0.25) is 14.5 Å². The largest absolute Gasteiger partial charge is 0.412 e. The Morgan fingerprint density at radius 1 is 1.35 bits per heavy atom. The highest BCUT2D eigenvalue weighted by atomic mass is 19.4. The van der Waals surface area contributed by atoms with Gasteiger partial charge in [-0.15, -0.1) is 0 Å². The lowest BCUT2D eigenvalue weighted by Gasteiger charge is -2.21. The summed E-state index contributed by atoms with van der Waals surface area (Å²) in [5.41, 5.74) is 0.592. The number of rotatable bonds is 4. The minimum atomic E-state index is -4.63.